The van der Waals surface area contributed by atoms with Gasteiger partial charge in [-0.2, -0.15) is 0 Å². The quantitative estimate of drug-likeness (QED) is 0.523. The van der Waals surface area contributed by atoms with Crippen molar-refractivity contribution >= 4 is 0 Å². The van der Waals surface area contributed by atoms with Crippen LogP contribution in [0.25, 0.3) is 0 Å². The molecule has 0 aromatic heterocycles. The fourth-order valence-electron chi connectivity index (χ4n) is 0.830. The summed E-state index contributed by atoms with van der Waals surface area (Å²) >= 11 is 0. The second-order valence-electron chi connectivity index (χ2n) is 3.72. The molecule has 0 bridgehead atoms. The van der Waals surface area contributed by atoms with E-state index in [0.29, 0.717) is 5.92 Å². The van der Waals surface area contributed by atoms with Crippen molar-refractivity contribution in [2.75, 3.05) is 0 Å². The standard InChI is InChI=1S/C10H20/c1-8(2)6-7-10(5)9(3)4/h8,10H,3,6-7H2,1-2,4-5H3. The Labute approximate surface area is 65.3 Å². The highest BCUT2D eigenvalue weighted by molar-refractivity contribution is 4.93. The average Bonchev–Trinajstić information content (AvgIpc) is 1.82. The summed E-state index contributed by atoms with van der Waals surface area (Å²) in [5.41, 5.74) is 1.32. The Morgan fingerprint density at radius 3 is 2.00 bits per heavy atom. The van der Waals surface area contributed by atoms with Crippen LogP contribution in [0.5, 0.6) is 0 Å². The van der Waals surface area contributed by atoms with Gasteiger partial charge < -0.3 is 0 Å². The Morgan fingerprint density at radius 2 is 1.70 bits per heavy atom. The summed E-state index contributed by atoms with van der Waals surface area (Å²) in [7, 11) is 0. The van der Waals surface area contributed by atoms with Crippen LogP contribution in [-0.4, -0.2) is 0 Å². The van der Waals surface area contributed by atoms with Gasteiger partial charge in [0.25, 0.3) is 0 Å². The molecule has 0 aromatic carbocycles. The summed E-state index contributed by atoms with van der Waals surface area (Å²) in [6.45, 7) is 12.8. The molecule has 10 heavy (non-hydrogen) atoms. The summed E-state index contributed by atoms with van der Waals surface area (Å²) in [5.74, 6) is 1.55. The molecule has 1 unspecified atom stereocenters. The molecule has 0 aromatic rings. The van der Waals surface area contributed by atoms with E-state index < -0.39 is 0 Å². The Morgan fingerprint density at radius 1 is 1.20 bits per heavy atom. The molecule has 0 aliphatic heterocycles. The second-order valence-corrected chi connectivity index (χ2v) is 3.72. The van der Waals surface area contributed by atoms with Crippen molar-refractivity contribution in [3.05, 3.63) is 12.2 Å². The summed E-state index contributed by atoms with van der Waals surface area (Å²) in [6.07, 6.45) is 2.63. The molecule has 0 aliphatic rings. The smallest absolute Gasteiger partial charge is 0.0237 e. The van der Waals surface area contributed by atoms with E-state index in [1.165, 1.54) is 18.4 Å². The Hall–Kier alpha value is -0.260. The van der Waals surface area contributed by atoms with E-state index in [-0.39, 0.29) is 0 Å². The molecule has 60 valence electrons. The van der Waals surface area contributed by atoms with Crippen molar-refractivity contribution in [1.29, 1.82) is 0 Å². The van der Waals surface area contributed by atoms with Crippen LogP contribution in [0.4, 0.5) is 0 Å². The summed E-state index contributed by atoms with van der Waals surface area (Å²) in [4.78, 5) is 0. The van der Waals surface area contributed by atoms with Crippen LogP contribution in [0, 0.1) is 11.8 Å². The Kier molecular flexibility index (Phi) is 4.42. The lowest BCUT2D eigenvalue weighted by molar-refractivity contribution is 0.490. The minimum absolute atomic E-state index is 0.711. The SMILES string of the molecule is C=C(C)C(C)CCC(C)C. The molecule has 0 nitrogen and oxygen atoms in total. The molecule has 0 heterocycles. The zero-order valence-corrected chi connectivity index (χ0v) is 7.78. The van der Waals surface area contributed by atoms with Crippen LogP contribution >= 0.6 is 0 Å². The zero-order chi connectivity index (χ0) is 8.15. The van der Waals surface area contributed by atoms with E-state index in [1.807, 2.05) is 0 Å². The predicted molar refractivity (Wildman–Crippen MR) is 48.1 cm³/mol. The van der Waals surface area contributed by atoms with Crippen LogP contribution in [-0.2, 0) is 0 Å². The lowest BCUT2D eigenvalue weighted by Gasteiger charge is -2.11. The first-order valence-corrected chi connectivity index (χ1v) is 4.19. The van der Waals surface area contributed by atoms with Gasteiger partial charge in [0.1, 0.15) is 0 Å². The van der Waals surface area contributed by atoms with Crippen LogP contribution in [0.15, 0.2) is 12.2 Å². The summed E-state index contributed by atoms with van der Waals surface area (Å²) < 4.78 is 0. The topological polar surface area (TPSA) is 0 Å². The van der Waals surface area contributed by atoms with Gasteiger partial charge in [0.2, 0.25) is 0 Å². The molecule has 0 amide bonds. The molecular formula is C10H20. The third kappa shape index (κ3) is 4.60. The highest BCUT2D eigenvalue weighted by Crippen LogP contribution is 2.16. The first kappa shape index (κ1) is 9.74. The van der Waals surface area contributed by atoms with Crippen LogP contribution < -0.4 is 0 Å². The first-order valence-electron chi connectivity index (χ1n) is 4.19. The highest BCUT2D eigenvalue weighted by Gasteiger charge is 2.02. The third-order valence-corrected chi connectivity index (χ3v) is 2.02. The van der Waals surface area contributed by atoms with E-state index in [0.717, 1.165) is 5.92 Å². The van der Waals surface area contributed by atoms with Crippen molar-refractivity contribution in [3.63, 3.8) is 0 Å². The molecule has 0 aliphatic carbocycles. The molecule has 0 radical (unpaired) electrons. The van der Waals surface area contributed by atoms with Gasteiger partial charge in [-0.3, -0.25) is 0 Å². The largest absolute Gasteiger partial charge is 0.0999 e. The second kappa shape index (κ2) is 4.54. The lowest BCUT2D eigenvalue weighted by Crippen LogP contribution is -1.97. The summed E-state index contributed by atoms with van der Waals surface area (Å²) in [6, 6.07) is 0. The lowest BCUT2D eigenvalue weighted by atomic mass is 9.95. The van der Waals surface area contributed by atoms with E-state index in [9.17, 15) is 0 Å². The van der Waals surface area contributed by atoms with Gasteiger partial charge in [-0.05, 0) is 25.2 Å². The summed E-state index contributed by atoms with van der Waals surface area (Å²) in [5, 5.41) is 0. The third-order valence-electron chi connectivity index (χ3n) is 2.02. The van der Waals surface area contributed by atoms with Gasteiger partial charge in [0.15, 0.2) is 0 Å². The van der Waals surface area contributed by atoms with E-state index in [1.54, 1.807) is 0 Å². The first-order chi connectivity index (χ1) is 4.54. The zero-order valence-electron chi connectivity index (χ0n) is 7.78. The molecular weight excluding hydrogens is 120 g/mol. The molecule has 0 rings (SSSR count). The average molecular weight is 140 g/mol. The maximum absolute atomic E-state index is 3.93. The maximum Gasteiger partial charge on any atom is -0.0237 e. The Bertz CT molecular complexity index is 101. The molecule has 0 N–H and O–H groups in total. The van der Waals surface area contributed by atoms with Crippen molar-refractivity contribution in [3.8, 4) is 0 Å². The number of hydrogen-bond acceptors (Lipinski definition) is 0. The fourth-order valence-corrected chi connectivity index (χ4v) is 0.830. The number of rotatable bonds is 4. The Balaban J connectivity index is 3.40. The maximum atomic E-state index is 3.93. The van der Waals surface area contributed by atoms with Gasteiger partial charge >= 0.3 is 0 Å². The minimum Gasteiger partial charge on any atom is -0.0999 e. The van der Waals surface area contributed by atoms with E-state index in [2.05, 4.69) is 34.3 Å². The van der Waals surface area contributed by atoms with Gasteiger partial charge in [-0.25, -0.2) is 0 Å². The molecule has 0 fully saturated rings. The van der Waals surface area contributed by atoms with Crippen molar-refractivity contribution in [2.24, 2.45) is 11.8 Å². The van der Waals surface area contributed by atoms with Crippen LogP contribution in [0.3, 0.4) is 0 Å². The van der Waals surface area contributed by atoms with Crippen molar-refractivity contribution in [1.82, 2.24) is 0 Å². The monoisotopic (exact) mass is 140 g/mol. The van der Waals surface area contributed by atoms with E-state index in [4.69, 9.17) is 0 Å². The highest BCUT2D eigenvalue weighted by atomic mass is 14.1. The normalized spacial score (nSPS) is 13.7. The van der Waals surface area contributed by atoms with Gasteiger partial charge in [-0.1, -0.05) is 39.3 Å². The van der Waals surface area contributed by atoms with Crippen molar-refractivity contribution in [2.45, 2.75) is 40.5 Å². The van der Waals surface area contributed by atoms with Crippen LogP contribution in [0.2, 0.25) is 0 Å². The number of allylic oxidation sites excluding steroid dienone is 1. The minimum atomic E-state index is 0.711. The molecule has 0 heteroatoms. The molecule has 0 saturated heterocycles. The molecule has 1 atom stereocenters. The molecule has 0 saturated carbocycles. The van der Waals surface area contributed by atoms with Gasteiger partial charge in [0.05, 0.1) is 0 Å². The van der Waals surface area contributed by atoms with Gasteiger partial charge in [0, 0.05) is 0 Å². The van der Waals surface area contributed by atoms with Gasteiger partial charge in [-0.15, -0.1) is 0 Å². The molecule has 0 spiro atoms. The van der Waals surface area contributed by atoms with Crippen LogP contribution in [0.1, 0.15) is 40.5 Å². The number of hydrogen-bond donors (Lipinski definition) is 0. The van der Waals surface area contributed by atoms with Crippen molar-refractivity contribution < 1.29 is 0 Å². The van der Waals surface area contributed by atoms with E-state index >= 15 is 0 Å². The predicted octanol–water partition coefficient (Wildman–Crippen LogP) is 3.63. The fraction of sp³-hybridized carbons (Fsp3) is 0.800.